The van der Waals surface area contributed by atoms with E-state index in [0.717, 1.165) is 25.7 Å². The molecule has 9 heteroatoms. The minimum Gasteiger partial charge on any atom is -0.408 e. The Morgan fingerprint density at radius 2 is 1.87 bits per heavy atom. The Balaban J connectivity index is 1.58. The van der Waals surface area contributed by atoms with E-state index in [9.17, 15) is 18.0 Å². The molecule has 1 saturated carbocycles. The van der Waals surface area contributed by atoms with Gasteiger partial charge in [-0.3, -0.25) is 9.36 Å². The van der Waals surface area contributed by atoms with Gasteiger partial charge in [-0.2, -0.15) is 4.31 Å². The number of sulfonamides is 1. The number of carbonyl (C=O) groups excluding carboxylic acids is 1. The summed E-state index contributed by atoms with van der Waals surface area (Å²) < 4.78 is 33.7. The standard InChI is InChI=1S/C22H31N3O5S/c1-15-7-6-8-18(16(15)2)23(3)21(26)14-25-19-10-9-17(13-20(19)30-22(25)27)31(28,29)24-11-4-5-12-24/h9-10,13,15-16,18H,4-8,11-12,14H2,1-3H3. The van der Waals surface area contributed by atoms with E-state index in [0.29, 0.717) is 30.4 Å². The zero-order chi connectivity index (χ0) is 22.3. The first-order chi connectivity index (χ1) is 14.7. The van der Waals surface area contributed by atoms with E-state index in [2.05, 4.69) is 13.8 Å². The third-order valence-electron chi connectivity index (χ3n) is 7.19. The molecule has 170 valence electrons. The molecule has 1 aromatic carbocycles. The maximum absolute atomic E-state index is 13.0. The fourth-order valence-corrected chi connectivity index (χ4v) is 6.50. The average molecular weight is 450 g/mol. The summed E-state index contributed by atoms with van der Waals surface area (Å²) in [5, 5.41) is 0. The molecule has 1 aromatic heterocycles. The fourth-order valence-electron chi connectivity index (χ4n) is 4.97. The van der Waals surface area contributed by atoms with E-state index in [1.807, 2.05) is 0 Å². The second kappa shape index (κ2) is 8.43. The second-order valence-corrected chi connectivity index (χ2v) is 11.0. The third kappa shape index (κ3) is 4.05. The number of amides is 1. The molecule has 2 fully saturated rings. The predicted octanol–water partition coefficient (Wildman–Crippen LogP) is 2.66. The van der Waals surface area contributed by atoms with Gasteiger partial charge in [-0.05, 0) is 43.2 Å². The lowest BCUT2D eigenvalue weighted by molar-refractivity contribution is -0.134. The Kier molecular flexibility index (Phi) is 6.00. The van der Waals surface area contributed by atoms with Crippen molar-refractivity contribution >= 4 is 27.0 Å². The van der Waals surface area contributed by atoms with Gasteiger partial charge in [-0.15, -0.1) is 0 Å². The summed E-state index contributed by atoms with van der Waals surface area (Å²) in [5.41, 5.74) is 0.609. The van der Waals surface area contributed by atoms with Crippen LogP contribution in [0.15, 0.2) is 32.3 Å². The van der Waals surface area contributed by atoms with E-state index < -0.39 is 15.8 Å². The van der Waals surface area contributed by atoms with Gasteiger partial charge in [0.05, 0.1) is 10.4 Å². The molecule has 2 aliphatic rings. The van der Waals surface area contributed by atoms with Crippen LogP contribution < -0.4 is 5.76 Å². The van der Waals surface area contributed by atoms with Crippen LogP contribution in [0.1, 0.15) is 46.0 Å². The minimum absolute atomic E-state index is 0.108. The van der Waals surface area contributed by atoms with Crippen LogP contribution >= 0.6 is 0 Å². The van der Waals surface area contributed by atoms with Crippen LogP contribution in [0.25, 0.3) is 11.1 Å². The largest absolute Gasteiger partial charge is 0.420 e. The summed E-state index contributed by atoms with van der Waals surface area (Å²) in [6.45, 7) is 5.28. The van der Waals surface area contributed by atoms with Crippen LogP contribution in [0.2, 0.25) is 0 Å². The quantitative estimate of drug-likeness (QED) is 0.700. The molecule has 1 saturated heterocycles. The highest BCUT2D eigenvalue weighted by molar-refractivity contribution is 7.89. The van der Waals surface area contributed by atoms with Crippen molar-refractivity contribution < 1.29 is 17.6 Å². The molecule has 2 heterocycles. The summed E-state index contributed by atoms with van der Waals surface area (Å²) in [6.07, 6.45) is 4.93. The van der Waals surface area contributed by atoms with Crippen molar-refractivity contribution in [1.29, 1.82) is 0 Å². The smallest absolute Gasteiger partial charge is 0.408 e. The van der Waals surface area contributed by atoms with Crippen LogP contribution in [-0.4, -0.2) is 54.3 Å². The molecule has 1 aliphatic heterocycles. The number of carbonyl (C=O) groups is 1. The molecule has 4 rings (SSSR count). The number of likely N-dealkylation sites (N-methyl/N-ethyl adjacent to an activating group) is 1. The molecule has 8 nitrogen and oxygen atoms in total. The SMILES string of the molecule is CC1CCCC(N(C)C(=O)Cn2c(=O)oc3cc(S(=O)(=O)N4CCCC4)ccc32)C1C. The molecule has 31 heavy (non-hydrogen) atoms. The zero-order valence-electron chi connectivity index (χ0n) is 18.4. The lowest BCUT2D eigenvalue weighted by Gasteiger charge is -2.39. The van der Waals surface area contributed by atoms with E-state index >= 15 is 0 Å². The van der Waals surface area contributed by atoms with Crippen LogP contribution in [-0.2, 0) is 21.4 Å². The normalized spacial score (nSPS) is 25.2. The highest BCUT2D eigenvalue weighted by atomic mass is 32.2. The Morgan fingerprint density at radius 1 is 1.16 bits per heavy atom. The first-order valence-corrected chi connectivity index (χ1v) is 12.5. The van der Waals surface area contributed by atoms with Gasteiger partial charge >= 0.3 is 5.76 Å². The van der Waals surface area contributed by atoms with Gasteiger partial charge in [0.1, 0.15) is 6.54 Å². The van der Waals surface area contributed by atoms with Crippen molar-refractivity contribution in [3.8, 4) is 0 Å². The highest BCUT2D eigenvalue weighted by Crippen LogP contribution is 2.32. The zero-order valence-corrected chi connectivity index (χ0v) is 19.2. The maximum atomic E-state index is 13.0. The first-order valence-electron chi connectivity index (χ1n) is 11.1. The van der Waals surface area contributed by atoms with Gasteiger partial charge in [-0.25, -0.2) is 13.2 Å². The highest BCUT2D eigenvalue weighted by Gasteiger charge is 2.33. The topological polar surface area (TPSA) is 92.8 Å². The Morgan fingerprint density at radius 3 is 2.58 bits per heavy atom. The van der Waals surface area contributed by atoms with Crippen molar-refractivity contribution in [3.05, 3.63) is 28.7 Å². The second-order valence-electron chi connectivity index (χ2n) is 9.03. The van der Waals surface area contributed by atoms with Crippen molar-refractivity contribution in [3.63, 3.8) is 0 Å². The van der Waals surface area contributed by atoms with Gasteiger partial charge in [0.15, 0.2) is 5.58 Å². The number of nitrogens with zero attached hydrogens (tertiary/aromatic N) is 3. The summed E-state index contributed by atoms with van der Waals surface area (Å²) in [6, 6.07) is 4.59. The molecule has 0 spiro atoms. The molecule has 1 aliphatic carbocycles. The molecular formula is C22H31N3O5S. The van der Waals surface area contributed by atoms with Crippen molar-refractivity contribution in [2.45, 2.75) is 63.4 Å². The molecule has 2 aromatic rings. The van der Waals surface area contributed by atoms with Crippen LogP contribution in [0.4, 0.5) is 0 Å². The molecule has 3 atom stereocenters. The van der Waals surface area contributed by atoms with Gasteiger partial charge < -0.3 is 9.32 Å². The lowest BCUT2D eigenvalue weighted by atomic mass is 9.77. The summed E-state index contributed by atoms with van der Waals surface area (Å²) in [7, 11) is -1.81. The summed E-state index contributed by atoms with van der Waals surface area (Å²) >= 11 is 0. The minimum atomic E-state index is -3.61. The predicted molar refractivity (Wildman–Crippen MR) is 117 cm³/mol. The number of aromatic nitrogens is 1. The number of oxazole rings is 1. The van der Waals surface area contributed by atoms with Gasteiger partial charge in [-0.1, -0.05) is 26.7 Å². The monoisotopic (exact) mass is 449 g/mol. The Hall–Kier alpha value is -2.13. The van der Waals surface area contributed by atoms with Crippen molar-refractivity contribution in [2.24, 2.45) is 11.8 Å². The van der Waals surface area contributed by atoms with Crippen molar-refractivity contribution in [1.82, 2.24) is 13.8 Å². The molecule has 0 N–H and O–H groups in total. The first kappa shape index (κ1) is 22.1. The summed E-state index contributed by atoms with van der Waals surface area (Å²) in [4.78, 5) is 27.3. The van der Waals surface area contributed by atoms with E-state index in [1.54, 1.807) is 18.0 Å². The molecular weight excluding hydrogens is 418 g/mol. The maximum Gasteiger partial charge on any atom is 0.420 e. The van der Waals surface area contributed by atoms with Crippen LogP contribution in [0, 0.1) is 11.8 Å². The number of rotatable bonds is 5. The van der Waals surface area contributed by atoms with Gasteiger partial charge in [0.25, 0.3) is 0 Å². The summed E-state index contributed by atoms with van der Waals surface area (Å²) in [5.74, 6) is 0.156. The molecule has 0 radical (unpaired) electrons. The van der Waals surface area contributed by atoms with Gasteiger partial charge in [0, 0.05) is 32.2 Å². The number of hydrogen-bond acceptors (Lipinski definition) is 5. The third-order valence-corrected chi connectivity index (χ3v) is 9.09. The fraction of sp³-hybridized carbons (Fsp3) is 0.636. The van der Waals surface area contributed by atoms with E-state index in [4.69, 9.17) is 4.42 Å². The van der Waals surface area contributed by atoms with E-state index in [-0.39, 0.29) is 29.0 Å². The molecule has 1 amide bonds. The van der Waals surface area contributed by atoms with Gasteiger partial charge in [0.2, 0.25) is 15.9 Å². The van der Waals surface area contributed by atoms with Crippen LogP contribution in [0.5, 0.6) is 0 Å². The molecule has 0 bridgehead atoms. The van der Waals surface area contributed by atoms with Crippen LogP contribution in [0.3, 0.4) is 0 Å². The Bertz CT molecular complexity index is 1130. The van der Waals surface area contributed by atoms with E-state index in [1.165, 1.54) is 27.4 Å². The number of fused-ring (bicyclic) bond motifs is 1. The molecule has 3 unspecified atom stereocenters. The van der Waals surface area contributed by atoms with Crippen molar-refractivity contribution in [2.75, 3.05) is 20.1 Å². The number of benzene rings is 1. The lowest BCUT2D eigenvalue weighted by Crippen LogP contribution is -2.46. The average Bonchev–Trinajstić information content (AvgIpc) is 3.38. The Labute approximate surface area is 182 Å². The number of hydrogen-bond donors (Lipinski definition) is 0.